The van der Waals surface area contributed by atoms with Crippen LogP contribution in [0.25, 0.3) is 0 Å². The Morgan fingerprint density at radius 2 is 1.88 bits per heavy atom. The highest BCUT2D eigenvalue weighted by atomic mass is 35.5. The number of amides is 2. The SMILES string of the molecule is CCOc1ccccc1[C@H]1NC(=O)NC(CN2CCN(c3cccc(Cl)c3)CC2)=C1C(=O)OC. The van der Waals surface area contributed by atoms with Gasteiger partial charge in [0.15, 0.2) is 0 Å². The molecule has 2 heterocycles. The molecule has 2 aromatic carbocycles. The molecule has 0 aliphatic carbocycles. The molecule has 2 N–H and O–H groups in total. The summed E-state index contributed by atoms with van der Waals surface area (Å²) in [6.45, 7) is 5.95. The van der Waals surface area contributed by atoms with Crippen molar-refractivity contribution in [3.63, 3.8) is 0 Å². The van der Waals surface area contributed by atoms with Crippen LogP contribution < -0.4 is 20.3 Å². The fourth-order valence-electron chi connectivity index (χ4n) is 4.39. The van der Waals surface area contributed by atoms with Crippen molar-refractivity contribution in [2.24, 2.45) is 0 Å². The summed E-state index contributed by atoms with van der Waals surface area (Å²) < 4.78 is 10.9. The number of nitrogens with zero attached hydrogens (tertiary/aromatic N) is 2. The minimum Gasteiger partial charge on any atom is -0.494 e. The van der Waals surface area contributed by atoms with Gasteiger partial charge in [0.1, 0.15) is 5.75 Å². The number of benzene rings is 2. The molecular weight excluding hydrogens is 456 g/mol. The van der Waals surface area contributed by atoms with Gasteiger partial charge in [0.25, 0.3) is 0 Å². The number of methoxy groups -OCH3 is 1. The minimum atomic E-state index is -0.674. The number of hydrogen-bond donors (Lipinski definition) is 2. The van der Waals surface area contributed by atoms with Crippen molar-refractivity contribution in [1.82, 2.24) is 15.5 Å². The molecule has 8 nitrogen and oxygen atoms in total. The van der Waals surface area contributed by atoms with Gasteiger partial charge in [-0.1, -0.05) is 35.9 Å². The van der Waals surface area contributed by atoms with Crippen LogP contribution >= 0.6 is 11.6 Å². The summed E-state index contributed by atoms with van der Waals surface area (Å²) in [5.41, 5.74) is 2.72. The molecule has 180 valence electrons. The second-order valence-corrected chi connectivity index (χ2v) is 8.57. The highest BCUT2D eigenvalue weighted by Gasteiger charge is 2.35. The molecule has 0 saturated carbocycles. The largest absolute Gasteiger partial charge is 0.494 e. The average molecular weight is 485 g/mol. The van der Waals surface area contributed by atoms with E-state index in [2.05, 4.69) is 20.4 Å². The van der Waals surface area contributed by atoms with Crippen molar-refractivity contribution < 1.29 is 19.1 Å². The third kappa shape index (κ3) is 5.29. The van der Waals surface area contributed by atoms with Gasteiger partial charge in [-0.25, -0.2) is 9.59 Å². The zero-order valence-corrected chi connectivity index (χ0v) is 20.1. The summed E-state index contributed by atoms with van der Waals surface area (Å²) in [5, 5.41) is 6.43. The van der Waals surface area contributed by atoms with Crippen molar-refractivity contribution in [1.29, 1.82) is 0 Å². The first-order valence-electron chi connectivity index (χ1n) is 11.3. The Morgan fingerprint density at radius 3 is 2.59 bits per heavy atom. The van der Waals surface area contributed by atoms with Gasteiger partial charge in [0.2, 0.25) is 0 Å². The number of anilines is 1. The van der Waals surface area contributed by atoms with Crippen LogP contribution in [0.2, 0.25) is 5.02 Å². The highest BCUT2D eigenvalue weighted by molar-refractivity contribution is 6.30. The van der Waals surface area contributed by atoms with E-state index < -0.39 is 12.0 Å². The normalized spacial score (nSPS) is 18.9. The maximum atomic E-state index is 12.9. The van der Waals surface area contributed by atoms with E-state index in [1.165, 1.54) is 7.11 Å². The van der Waals surface area contributed by atoms with Crippen molar-refractivity contribution in [2.75, 3.05) is 51.3 Å². The molecule has 1 fully saturated rings. The van der Waals surface area contributed by atoms with Gasteiger partial charge in [-0.3, -0.25) is 4.90 Å². The summed E-state index contributed by atoms with van der Waals surface area (Å²) in [5.74, 6) is 0.129. The molecule has 9 heteroatoms. The standard InChI is InChI=1S/C25H29ClN4O4/c1-3-34-21-10-5-4-9-19(21)23-22(24(31)33-2)20(27-25(32)28-23)16-29-11-13-30(14-12-29)18-8-6-7-17(26)15-18/h4-10,15,23H,3,11-14,16H2,1-2H3,(H2,27,28,32)/t23-/m1/s1. The number of piperazine rings is 1. The lowest BCUT2D eigenvalue weighted by molar-refractivity contribution is -0.136. The number of carbonyl (C=O) groups is 2. The number of para-hydroxylation sites is 1. The monoisotopic (exact) mass is 484 g/mol. The minimum absolute atomic E-state index is 0.364. The second kappa shape index (κ2) is 10.8. The summed E-state index contributed by atoms with van der Waals surface area (Å²) >= 11 is 6.15. The van der Waals surface area contributed by atoms with Crippen molar-refractivity contribution in [2.45, 2.75) is 13.0 Å². The topological polar surface area (TPSA) is 83.1 Å². The van der Waals surface area contributed by atoms with E-state index in [4.69, 9.17) is 21.1 Å². The predicted molar refractivity (Wildman–Crippen MR) is 131 cm³/mol. The predicted octanol–water partition coefficient (Wildman–Crippen LogP) is 3.34. The van der Waals surface area contributed by atoms with Crippen molar-refractivity contribution in [3.8, 4) is 5.75 Å². The fourth-order valence-corrected chi connectivity index (χ4v) is 4.58. The third-order valence-electron chi connectivity index (χ3n) is 6.02. The Bertz CT molecular complexity index is 1080. The number of halogens is 1. The first kappa shape index (κ1) is 23.9. The van der Waals surface area contributed by atoms with E-state index in [9.17, 15) is 9.59 Å². The Morgan fingerprint density at radius 1 is 1.12 bits per heavy atom. The van der Waals surface area contributed by atoms with Gasteiger partial charge in [-0.15, -0.1) is 0 Å². The van der Waals surface area contributed by atoms with E-state index >= 15 is 0 Å². The lowest BCUT2D eigenvalue weighted by Gasteiger charge is -2.38. The number of nitrogens with one attached hydrogen (secondary N) is 2. The van der Waals surface area contributed by atoms with E-state index in [-0.39, 0.29) is 6.03 Å². The quantitative estimate of drug-likeness (QED) is 0.586. The van der Waals surface area contributed by atoms with E-state index in [0.29, 0.717) is 40.8 Å². The first-order valence-corrected chi connectivity index (χ1v) is 11.7. The Hall–Kier alpha value is -3.23. The highest BCUT2D eigenvalue weighted by Crippen LogP contribution is 2.34. The number of hydrogen-bond acceptors (Lipinski definition) is 6. The molecule has 1 atom stereocenters. The first-order chi connectivity index (χ1) is 16.5. The molecule has 0 radical (unpaired) electrons. The molecule has 1 saturated heterocycles. The molecule has 34 heavy (non-hydrogen) atoms. The van der Waals surface area contributed by atoms with Crippen LogP contribution in [0.3, 0.4) is 0 Å². The average Bonchev–Trinajstić information content (AvgIpc) is 2.84. The zero-order valence-electron chi connectivity index (χ0n) is 19.3. The van der Waals surface area contributed by atoms with Gasteiger partial charge in [-0.2, -0.15) is 0 Å². The van der Waals surface area contributed by atoms with Crippen LogP contribution in [0, 0.1) is 0 Å². The number of carbonyl (C=O) groups excluding carboxylic acids is 2. The smallest absolute Gasteiger partial charge is 0.338 e. The third-order valence-corrected chi connectivity index (χ3v) is 6.25. The molecule has 4 rings (SSSR count). The maximum Gasteiger partial charge on any atom is 0.338 e. The fraction of sp³-hybridized carbons (Fsp3) is 0.360. The van der Waals surface area contributed by atoms with E-state index in [0.717, 1.165) is 31.9 Å². The lowest BCUT2D eigenvalue weighted by atomic mass is 9.94. The molecule has 2 amide bonds. The van der Waals surface area contributed by atoms with E-state index in [1.54, 1.807) is 0 Å². The maximum absolute atomic E-state index is 12.9. The molecule has 2 aliphatic heterocycles. The number of esters is 1. The van der Waals surface area contributed by atoms with Gasteiger partial charge >= 0.3 is 12.0 Å². The number of urea groups is 1. The molecular formula is C25H29ClN4O4. The van der Waals surface area contributed by atoms with Crippen LogP contribution in [0.1, 0.15) is 18.5 Å². The van der Waals surface area contributed by atoms with Gasteiger partial charge in [0, 0.05) is 54.7 Å². The van der Waals surface area contributed by atoms with Crippen LogP contribution in [0.15, 0.2) is 59.8 Å². The lowest BCUT2D eigenvalue weighted by Crippen LogP contribution is -2.51. The Balaban J connectivity index is 1.57. The summed E-state index contributed by atoms with van der Waals surface area (Å²) in [4.78, 5) is 30.0. The molecule has 2 aliphatic rings. The molecule has 0 unspecified atom stereocenters. The van der Waals surface area contributed by atoms with Gasteiger partial charge in [0.05, 0.1) is 25.3 Å². The van der Waals surface area contributed by atoms with Crippen LogP contribution in [-0.2, 0) is 9.53 Å². The Labute approximate surface area is 204 Å². The van der Waals surface area contributed by atoms with Crippen LogP contribution in [0.4, 0.5) is 10.5 Å². The van der Waals surface area contributed by atoms with Crippen molar-refractivity contribution >= 4 is 29.3 Å². The molecule has 0 bridgehead atoms. The summed E-state index contributed by atoms with van der Waals surface area (Å²) in [6.07, 6.45) is 0. The zero-order chi connectivity index (χ0) is 24.1. The molecule has 0 aromatic heterocycles. The van der Waals surface area contributed by atoms with Crippen molar-refractivity contribution in [3.05, 3.63) is 70.4 Å². The molecule has 0 spiro atoms. The number of rotatable bonds is 7. The summed E-state index contributed by atoms with van der Waals surface area (Å²) in [7, 11) is 1.35. The van der Waals surface area contributed by atoms with Crippen LogP contribution in [0.5, 0.6) is 5.75 Å². The summed E-state index contributed by atoms with van der Waals surface area (Å²) in [6, 6.07) is 14.2. The second-order valence-electron chi connectivity index (χ2n) is 8.13. The molecule has 2 aromatic rings. The Kier molecular flexibility index (Phi) is 7.59. The van der Waals surface area contributed by atoms with Crippen LogP contribution in [-0.4, -0.2) is 63.3 Å². The number of ether oxygens (including phenoxy) is 2. The van der Waals surface area contributed by atoms with Gasteiger partial charge in [-0.05, 0) is 31.2 Å². The van der Waals surface area contributed by atoms with E-state index in [1.807, 2.05) is 55.5 Å². The van der Waals surface area contributed by atoms with Gasteiger partial charge < -0.3 is 25.0 Å².